The largest absolute Gasteiger partial charge is 0.495 e. The highest BCUT2D eigenvalue weighted by molar-refractivity contribution is 7.89. The summed E-state index contributed by atoms with van der Waals surface area (Å²) in [5, 5.41) is 2.07. The van der Waals surface area contributed by atoms with Crippen molar-refractivity contribution in [2.45, 2.75) is 30.7 Å². The third kappa shape index (κ3) is 3.49. The van der Waals surface area contributed by atoms with Crippen LogP contribution >= 0.6 is 11.3 Å². The first-order valence-corrected chi connectivity index (χ1v) is 11.1. The summed E-state index contributed by atoms with van der Waals surface area (Å²) in [5.41, 5.74) is 1.56. The number of ether oxygens (including phenoxy) is 1. The van der Waals surface area contributed by atoms with Crippen molar-refractivity contribution in [2.24, 2.45) is 0 Å². The lowest BCUT2D eigenvalue weighted by Crippen LogP contribution is -2.39. The highest BCUT2D eigenvalue weighted by Gasteiger charge is 2.32. The Hall–Kier alpha value is -1.90. The highest BCUT2D eigenvalue weighted by atomic mass is 32.2. The molecule has 0 saturated heterocycles. The zero-order chi connectivity index (χ0) is 19.8. The number of fused-ring (bicyclic) bond motifs is 1. The molecule has 27 heavy (non-hydrogen) atoms. The van der Waals surface area contributed by atoms with Crippen LogP contribution in [0.5, 0.6) is 5.75 Å². The van der Waals surface area contributed by atoms with E-state index in [0.29, 0.717) is 12.1 Å². The van der Waals surface area contributed by atoms with Crippen LogP contribution in [0.25, 0.3) is 0 Å². The first kappa shape index (κ1) is 19.9. The summed E-state index contributed by atoms with van der Waals surface area (Å²) in [5.74, 6) is 0.0719. The van der Waals surface area contributed by atoms with Gasteiger partial charge in [0, 0.05) is 31.1 Å². The standard InChI is InChI=1S/C19H24N2O4S2/c1-5-15-14-9-11-26-17(14)8-10-21(15)19(22)13-6-7-16(25-4)18(12-13)27(23,24)20(2)3/h6-7,9,11-12,15H,5,8,10H2,1-4H3. The van der Waals surface area contributed by atoms with Crippen molar-refractivity contribution < 1.29 is 17.9 Å². The van der Waals surface area contributed by atoms with Crippen molar-refractivity contribution in [3.8, 4) is 5.75 Å². The first-order chi connectivity index (χ1) is 12.8. The molecule has 1 aromatic heterocycles. The van der Waals surface area contributed by atoms with E-state index in [4.69, 9.17) is 4.74 Å². The zero-order valence-electron chi connectivity index (χ0n) is 15.9. The molecule has 146 valence electrons. The summed E-state index contributed by atoms with van der Waals surface area (Å²) in [6.07, 6.45) is 1.64. The van der Waals surface area contributed by atoms with Crippen molar-refractivity contribution >= 4 is 27.3 Å². The van der Waals surface area contributed by atoms with Gasteiger partial charge in [-0.2, -0.15) is 0 Å². The van der Waals surface area contributed by atoms with Crippen molar-refractivity contribution in [2.75, 3.05) is 27.7 Å². The zero-order valence-corrected chi connectivity index (χ0v) is 17.6. The van der Waals surface area contributed by atoms with E-state index in [1.54, 1.807) is 23.5 Å². The van der Waals surface area contributed by atoms with Crippen molar-refractivity contribution in [3.63, 3.8) is 0 Å². The predicted molar refractivity (Wildman–Crippen MR) is 106 cm³/mol. The fourth-order valence-electron chi connectivity index (χ4n) is 3.45. The topological polar surface area (TPSA) is 66.9 Å². The third-order valence-electron chi connectivity index (χ3n) is 4.91. The Labute approximate surface area is 164 Å². The lowest BCUT2D eigenvalue weighted by molar-refractivity contribution is 0.0657. The van der Waals surface area contributed by atoms with E-state index in [9.17, 15) is 13.2 Å². The maximum Gasteiger partial charge on any atom is 0.254 e. The van der Waals surface area contributed by atoms with E-state index in [0.717, 1.165) is 17.1 Å². The van der Waals surface area contributed by atoms with Crippen LogP contribution in [0.15, 0.2) is 34.5 Å². The lowest BCUT2D eigenvalue weighted by atomic mass is 9.97. The van der Waals surface area contributed by atoms with Crippen molar-refractivity contribution in [1.29, 1.82) is 0 Å². The fraction of sp³-hybridized carbons (Fsp3) is 0.421. The van der Waals surface area contributed by atoms with Gasteiger partial charge >= 0.3 is 0 Å². The summed E-state index contributed by atoms with van der Waals surface area (Å²) in [6, 6.07) is 6.70. The van der Waals surface area contributed by atoms with E-state index in [2.05, 4.69) is 18.4 Å². The Morgan fingerprint density at radius 1 is 1.33 bits per heavy atom. The van der Waals surface area contributed by atoms with Gasteiger partial charge in [0.1, 0.15) is 10.6 Å². The number of carbonyl (C=O) groups excluding carboxylic acids is 1. The second-order valence-corrected chi connectivity index (χ2v) is 9.75. The Morgan fingerprint density at radius 2 is 2.07 bits per heavy atom. The maximum absolute atomic E-state index is 13.2. The van der Waals surface area contributed by atoms with Gasteiger partial charge in [-0.15, -0.1) is 11.3 Å². The van der Waals surface area contributed by atoms with Gasteiger partial charge in [-0.3, -0.25) is 4.79 Å². The van der Waals surface area contributed by atoms with E-state index in [1.165, 1.54) is 37.7 Å². The second-order valence-electron chi connectivity index (χ2n) is 6.62. The molecule has 0 saturated carbocycles. The molecule has 0 radical (unpaired) electrons. The number of rotatable bonds is 5. The van der Waals surface area contributed by atoms with Crippen LogP contribution in [-0.4, -0.2) is 51.3 Å². The lowest BCUT2D eigenvalue weighted by Gasteiger charge is -2.35. The summed E-state index contributed by atoms with van der Waals surface area (Å²) in [4.78, 5) is 16.4. The molecule has 2 heterocycles. The molecule has 1 unspecified atom stereocenters. The van der Waals surface area contributed by atoms with Gasteiger partial charge < -0.3 is 9.64 Å². The molecule has 8 heteroatoms. The number of hydrogen-bond acceptors (Lipinski definition) is 5. The van der Waals surface area contributed by atoms with Crippen LogP contribution in [-0.2, 0) is 16.4 Å². The number of benzene rings is 1. The van der Waals surface area contributed by atoms with Gasteiger partial charge in [-0.05, 0) is 48.1 Å². The second kappa shape index (κ2) is 7.61. The Morgan fingerprint density at radius 3 is 2.70 bits per heavy atom. The van der Waals surface area contributed by atoms with Gasteiger partial charge in [0.05, 0.1) is 13.2 Å². The van der Waals surface area contributed by atoms with Gasteiger partial charge in [0.2, 0.25) is 10.0 Å². The number of methoxy groups -OCH3 is 1. The van der Waals surface area contributed by atoms with Gasteiger partial charge in [0.25, 0.3) is 5.91 Å². The van der Waals surface area contributed by atoms with Crippen LogP contribution in [0.4, 0.5) is 0 Å². The molecule has 0 aliphatic carbocycles. The van der Waals surface area contributed by atoms with E-state index in [-0.39, 0.29) is 22.6 Å². The number of thiophene rings is 1. The minimum Gasteiger partial charge on any atom is -0.495 e. The molecule has 0 N–H and O–H groups in total. The average Bonchev–Trinajstić information content (AvgIpc) is 3.14. The smallest absolute Gasteiger partial charge is 0.254 e. The SMILES string of the molecule is CCC1c2ccsc2CCN1C(=O)c1ccc(OC)c(S(=O)(=O)N(C)C)c1. The van der Waals surface area contributed by atoms with Crippen molar-refractivity contribution in [1.82, 2.24) is 9.21 Å². The van der Waals surface area contributed by atoms with Gasteiger partial charge in [0.15, 0.2) is 0 Å². The van der Waals surface area contributed by atoms with Crippen LogP contribution in [0.3, 0.4) is 0 Å². The molecule has 0 bridgehead atoms. The van der Waals surface area contributed by atoms with E-state index >= 15 is 0 Å². The van der Waals surface area contributed by atoms with Crippen LogP contribution in [0.1, 0.15) is 40.2 Å². The molecule has 1 amide bonds. The molecule has 0 spiro atoms. The summed E-state index contributed by atoms with van der Waals surface area (Å²) < 4.78 is 31.6. The van der Waals surface area contributed by atoms with Gasteiger partial charge in [-0.25, -0.2) is 12.7 Å². The summed E-state index contributed by atoms with van der Waals surface area (Å²) in [6.45, 7) is 2.69. The highest BCUT2D eigenvalue weighted by Crippen LogP contribution is 2.36. The third-order valence-corrected chi connectivity index (χ3v) is 7.74. The van der Waals surface area contributed by atoms with E-state index in [1.807, 2.05) is 4.90 Å². The molecular formula is C19H24N2O4S2. The first-order valence-electron chi connectivity index (χ1n) is 8.79. The molecule has 2 aromatic rings. The maximum atomic E-state index is 13.2. The van der Waals surface area contributed by atoms with Crippen LogP contribution in [0, 0.1) is 0 Å². The monoisotopic (exact) mass is 408 g/mol. The number of carbonyl (C=O) groups is 1. The van der Waals surface area contributed by atoms with E-state index < -0.39 is 10.0 Å². The fourth-order valence-corrected chi connectivity index (χ4v) is 5.46. The minimum atomic E-state index is -3.73. The molecule has 0 fully saturated rings. The van der Waals surface area contributed by atoms with Crippen molar-refractivity contribution in [3.05, 3.63) is 45.6 Å². The Balaban J connectivity index is 2.01. The summed E-state index contributed by atoms with van der Waals surface area (Å²) in [7, 11) is 0.607. The molecule has 1 aliphatic heterocycles. The normalized spacial score (nSPS) is 17.1. The molecule has 1 aliphatic rings. The summed E-state index contributed by atoms with van der Waals surface area (Å²) >= 11 is 1.73. The molecule has 6 nitrogen and oxygen atoms in total. The minimum absolute atomic E-state index is 0.00197. The molecule has 3 rings (SSSR count). The Bertz CT molecular complexity index is 950. The molecule has 1 atom stereocenters. The number of hydrogen-bond donors (Lipinski definition) is 0. The number of sulfonamides is 1. The molecule has 1 aromatic carbocycles. The molecular weight excluding hydrogens is 384 g/mol. The predicted octanol–water partition coefficient (Wildman–Crippen LogP) is 3.16. The van der Waals surface area contributed by atoms with Gasteiger partial charge in [-0.1, -0.05) is 6.92 Å². The van der Waals surface area contributed by atoms with Crippen LogP contribution in [0.2, 0.25) is 0 Å². The Kier molecular flexibility index (Phi) is 5.60. The number of amides is 1. The van der Waals surface area contributed by atoms with Crippen LogP contribution < -0.4 is 4.74 Å². The average molecular weight is 409 g/mol. The quantitative estimate of drug-likeness (QED) is 0.762. The number of nitrogens with zero attached hydrogens (tertiary/aromatic N) is 2.